The van der Waals surface area contributed by atoms with Gasteiger partial charge in [0.05, 0.1) is 13.0 Å². The number of carbonyl (C=O) groups is 5. The zero-order valence-electron chi connectivity index (χ0n) is 33.5. The summed E-state index contributed by atoms with van der Waals surface area (Å²) in [4.78, 5) is 71.8. The SMILES string of the molecule is CC[C@H](C)[C@H](CC(=O)Cc1ccccc1)C(=O)N(C)[C@H](C[C@@H](OC(C)=O)c1nc(C(=O)N[C@@H](Cc2ccccc2)C[C@H](C)C(=O)OC)cs1)C(C)C.[Tb].[Tb].[Tb].[Tb].[Tb]. The third-order valence-electron chi connectivity index (χ3n) is 9.65. The summed E-state index contributed by atoms with van der Waals surface area (Å²) < 4.78 is 10.7. The molecule has 0 aliphatic heterocycles. The van der Waals surface area contributed by atoms with Crippen molar-refractivity contribution in [2.75, 3.05) is 14.2 Å². The van der Waals surface area contributed by atoms with Crippen molar-refractivity contribution in [3.05, 3.63) is 87.9 Å². The van der Waals surface area contributed by atoms with Crippen molar-refractivity contribution in [2.45, 2.75) is 98.3 Å². The van der Waals surface area contributed by atoms with Crippen LogP contribution in [-0.4, -0.2) is 65.7 Å². The number of methoxy groups -OCH3 is 1. The molecule has 0 aliphatic carbocycles. The Hall–Kier alpha value is 2.05. The van der Waals surface area contributed by atoms with Crippen LogP contribution in [-0.2, 0) is 41.5 Å². The number of hydrogen-bond donors (Lipinski definition) is 1. The predicted octanol–water partition coefficient (Wildman–Crippen LogP) is 7.02. The first kappa shape index (κ1) is 63.3. The molecular weight excluding hydrogens is 1470 g/mol. The fourth-order valence-electron chi connectivity index (χ4n) is 6.49. The molecule has 10 nitrogen and oxygen atoms in total. The Bertz CT molecular complexity index is 1630. The number of benzene rings is 2. The van der Waals surface area contributed by atoms with Gasteiger partial charge in [-0.15, -0.1) is 11.3 Å². The molecule has 0 fully saturated rings. The molecular formula is C41H55N3O7STb5. The van der Waals surface area contributed by atoms with E-state index in [4.69, 9.17) is 9.47 Å². The predicted molar refractivity (Wildman–Crippen MR) is 203 cm³/mol. The van der Waals surface area contributed by atoms with Crippen LogP contribution in [0.15, 0.2) is 66.0 Å². The van der Waals surface area contributed by atoms with Crippen LogP contribution >= 0.6 is 11.3 Å². The minimum absolute atomic E-state index is 0. The molecule has 2 aromatic carbocycles. The first-order valence-electron chi connectivity index (χ1n) is 18.1. The van der Waals surface area contributed by atoms with Gasteiger partial charge >= 0.3 is 11.9 Å². The van der Waals surface area contributed by atoms with Crippen molar-refractivity contribution in [1.82, 2.24) is 15.2 Å². The summed E-state index contributed by atoms with van der Waals surface area (Å²) in [7, 11) is 3.09. The van der Waals surface area contributed by atoms with Crippen LogP contribution < -0.4 is 5.32 Å². The Labute approximate surface area is 497 Å². The molecule has 2 amide bonds. The van der Waals surface area contributed by atoms with E-state index in [0.717, 1.165) is 17.5 Å². The Morgan fingerprint density at radius 1 is 0.842 bits per heavy atom. The van der Waals surface area contributed by atoms with Gasteiger partial charge in [0.15, 0.2) is 6.10 Å². The van der Waals surface area contributed by atoms with Gasteiger partial charge in [0.2, 0.25) is 5.91 Å². The summed E-state index contributed by atoms with van der Waals surface area (Å²) in [6.07, 6.45) is 1.46. The number of nitrogens with zero attached hydrogens (tertiary/aromatic N) is 2. The smallest absolute Gasteiger partial charge is 0.308 e. The minimum atomic E-state index is -0.812. The maximum absolute atomic E-state index is 14.2. The van der Waals surface area contributed by atoms with Crippen LogP contribution in [0, 0.1) is 217 Å². The molecule has 1 aromatic heterocycles. The van der Waals surface area contributed by atoms with E-state index < -0.39 is 29.8 Å². The molecule has 0 spiro atoms. The molecule has 3 rings (SSSR count). The molecule has 1 heterocycles. The Morgan fingerprint density at radius 2 is 1.40 bits per heavy atom. The van der Waals surface area contributed by atoms with E-state index in [-0.39, 0.29) is 260 Å². The molecule has 0 aliphatic rings. The number of thiazole rings is 1. The van der Waals surface area contributed by atoms with Gasteiger partial charge in [-0.25, -0.2) is 4.98 Å². The molecule has 6 atom stereocenters. The molecule has 16 heteroatoms. The zero-order chi connectivity index (χ0) is 38.4. The molecule has 0 saturated carbocycles. The van der Waals surface area contributed by atoms with Crippen molar-refractivity contribution in [2.24, 2.45) is 23.7 Å². The first-order valence-corrected chi connectivity index (χ1v) is 19.0. The number of hydrogen-bond acceptors (Lipinski definition) is 9. The number of aromatic nitrogens is 1. The summed E-state index contributed by atoms with van der Waals surface area (Å²) in [5.74, 6) is -2.37. The number of esters is 2. The van der Waals surface area contributed by atoms with Gasteiger partial charge in [0, 0.05) is 250 Å². The van der Waals surface area contributed by atoms with Crippen LogP contribution in [0.1, 0.15) is 100.0 Å². The Kier molecular flexibility index (Phi) is 37.3. The second-order valence-electron chi connectivity index (χ2n) is 14.1. The van der Waals surface area contributed by atoms with Crippen LogP contribution in [0.25, 0.3) is 0 Å². The van der Waals surface area contributed by atoms with Crippen molar-refractivity contribution in [1.29, 1.82) is 0 Å². The standard InChI is InChI=1S/C41H55N3O7S.5Tb/c1-9-27(4)34(23-33(46)22-31-18-14-11-15-19-31)40(48)44(7)36(26(2)3)24-37(51-29(6)45)39-43-35(25-52-39)38(47)42-32(20-28(5)41(49)50-8)21-30-16-12-10-13-17-30;;;;;/h10-19,25-28,32,34,36-37H,9,20-24H2,1-8H3,(H,42,47);;;;;/t27-,28-,32+,34-,36+,37+;;;;;/m0...../s1. The van der Waals surface area contributed by atoms with Crippen molar-refractivity contribution >= 4 is 40.9 Å². The molecule has 1 N–H and O–H groups in total. The van der Waals surface area contributed by atoms with Gasteiger partial charge < -0.3 is 19.7 Å². The monoisotopic (exact) mass is 1530 g/mol. The van der Waals surface area contributed by atoms with Gasteiger partial charge in [-0.2, -0.15) is 0 Å². The molecule has 0 unspecified atom stereocenters. The third kappa shape index (κ3) is 22.0. The van der Waals surface area contributed by atoms with E-state index in [1.807, 2.05) is 88.4 Å². The number of carbonyl (C=O) groups excluding carboxylic acids is 5. The molecule has 327 valence electrons. The zero-order valence-corrected chi connectivity index (χ0v) is 45.0. The maximum Gasteiger partial charge on any atom is 0.308 e. The van der Waals surface area contributed by atoms with Gasteiger partial charge in [-0.05, 0) is 35.8 Å². The van der Waals surface area contributed by atoms with Crippen LogP contribution in [0.3, 0.4) is 0 Å². The quantitative estimate of drug-likeness (QED) is 0.120. The summed E-state index contributed by atoms with van der Waals surface area (Å²) >= 11 is 1.21. The number of rotatable bonds is 20. The third-order valence-corrected chi connectivity index (χ3v) is 10.6. The van der Waals surface area contributed by atoms with E-state index in [1.165, 1.54) is 25.4 Å². The fraction of sp³-hybridized carbons (Fsp3) is 0.512. The topological polar surface area (TPSA) is 132 Å². The second-order valence-corrected chi connectivity index (χ2v) is 15.0. The first-order chi connectivity index (χ1) is 24.7. The summed E-state index contributed by atoms with van der Waals surface area (Å²) in [5, 5.41) is 5.11. The summed E-state index contributed by atoms with van der Waals surface area (Å²) in [6.45, 7) is 11.1. The van der Waals surface area contributed by atoms with Gasteiger partial charge in [-0.1, -0.05) is 102 Å². The number of ketones is 1. The number of amides is 2. The number of Topliss-reactive ketones (excluding diaryl/α,β-unsaturated/α-hetero) is 1. The van der Waals surface area contributed by atoms with E-state index >= 15 is 0 Å². The van der Waals surface area contributed by atoms with Crippen LogP contribution in [0.5, 0.6) is 0 Å². The Balaban J connectivity index is -0.00000583. The van der Waals surface area contributed by atoms with E-state index in [9.17, 15) is 24.0 Å². The minimum Gasteiger partial charge on any atom is -0.469 e. The normalized spacial score (nSPS) is 13.4. The van der Waals surface area contributed by atoms with Crippen LogP contribution in [0.4, 0.5) is 0 Å². The van der Waals surface area contributed by atoms with Crippen molar-refractivity contribution in [3.63, 3.8) is 0 Å². The fourth-order valence-corrected chi connectivity index (χ4v) is 7.33. The molecule has 3 aromatic rings. The summed E-state index contributed by atoms with van der Waals surface area (Å²) in [6, 6.07) is 18.5. The number of nitrogens with one attached hydrogen (secondary N) is 1. The molecule has 0 bridgehead atoms. The largest absolute Gasteiger partial charge is 0.469 e. The van der Waals surface area contributed by atoms with Crippen LogP contribution in [0.2, 0.25) is 0 Å². The molecule has 57 heavy (non-hydrogen) atoms. The molecule has 0 saturated heterocycles. The van der Waals surface area contributed by atoms with E-state index in [2.05, 4.69) is 10.3 Å². The van der Waals surface area contributed by atoms with Gasteiger partial charge in [0.1, 0.15) is 16.5 Å². The average Bonchev–Trinajstić information content (AvgIpc) is 3.62. The van der Waals surface area contributed by atoms with Crippen molar-refractivity contribution in [3.8, 4) is 0 Å². The maximum atomic E-state index is 14.2. The van der Waals surface area contributed by atoms with Gasteiger partial charge in [-0.3, -0.25) is 24.0 Å². The van der Waals surface area contributed by atoms with Gasteiger partial charge in [0.25, 0.3) is 5.91 Å². The second kappa shape index (κ2) is 33.5. The van der Waals surface area contributed by atoms with Crippen molar-refractivity contribution < 1.29 is 227 Å². The molecule has 5 radical (unpaired) electrons. The van der Waals surface area contributed by atoms with E-state index in [0.29, 0.717) is 17.8 Å². The Morgan fingerprint density at radius 3 is 1.91 bits per heavy atom. The average molecular weight is 1530 g/mol. The number of ether oxygens (including phenoxy) is 2. The van der Waals surface area contributed by atoms with E-state index in [1.54, 1.807) is 24.3 Å². The summed E-state index contributed by atoms with van der Waals surface area (Å²) in [5.41, 5.74) is 2.09.